The molecule has 0 spiro atoms. The Morgan fingerprint density at radius 1 is 1.21 bits per heavy atom. The largest absolute Gasteiger partial charge is 0.368 e. The van der Waals surface area contributed by atoms with Crippen LogP contribution in [0.4, 0.5) is 11.6 Å². The maximum Gasteiger partial charge on any atom is 0.229 e. The Balaban J connectivity index is 2.11. The van der Waals surface area contributed by atoms with Crippen molar-refractivity contribution in [2.45, 2.75) is 20.3 Å². The van der Waals surface area contributed by atoms with Crippen LogP contribution < -0.4 is 10.5 Å². The lowest BCUT2D eigenvalue weighted by Crippen LogP contribution is -2.11. The third kappa shape index (κ3) is 5.06. The van der Waals surface area contributed by atoms with Gasteiger partial charge in [-0.2, -0.15) is 0 Å². The van der Waals surface area contributed by atoms with E-state index in [2.05, 4.69) is 36.5 Å². The van der Waals surface area contributed by atoms with Gasteiger partial charge in [-0.05, 0) is 31.5 Å². The average molecular weight is 408 g/mol. The summed E-state index contributed by atoms with van der Waals surface area (Å²) < 4.78 is 25.6. The fourth-order valence-electron chi connectivity index (χ4n) is 2.66. The Bertz CT molecular complexity index is 1210. The van der Waals surface area contributed by atoms with Gasteiger partial charge < -0.3 is 5.73 Å². The Morgan fingerprint density at radius 3 is 2.66 bits per heavy atom. The van der Waals surface area contributed by atoms with Crippen LogP contribution in [0.15, 0.2) is 36.8 Å². The summed E-state index contributed by atoms with van der Waals surface area (Å²) in [5.74, 6) is 6.31. The number of aromatic nitrogens is 4. The van der Waals surface area contributed by atoms with Crippen LogP contribution in [0.2, 0.25) is 0 Å². The number of hydrogen-bond acceptors (Lipinski definition) is 7. The molecule has 9 heteroatoms. The first kappa shape index (κ1) is 20.2. The molecule has 0 saturated carbocycles. The fourth-order valence-corrected chi connectivity index (χ4v) is 3.27. The van der Waals surface area contributed by atoms with Crippen molar-refractivity contribution >= 4 is 21.7 Å². The summed E-state index contributed by atoms with van der Waals surface area (Å²) in [5, 5.41) is 0. The number of nitrogens with one attached hydrogen (secondary N) is 1. The number of nitrogen functional groups attached to an aromatic ring is 1. The van der Waals surface area contributed by atoms with Crippen molar-refractivity contribution in [1.29, 1.82) is 0 Å². The van der Waals surface area contributed by atoms with Crippen LogP contribution in [-0.4, -0.2) is 34.6 Å². The smallest absolute Gasteiger partial charge is 0.229 e. The van der Waals surface area contributed by atoms with Gasteiger partial charge in [0.1, 0.15) is 0 Å². The Kier molecular flexibility index (Phi) is 5.75. The molecule has 0 bridgehead atoms. The summed E-state index contributed by atoms with van der Waals surface area (Å²) >= 11 is 0. The van der Waals surface area contributed by atoms with Gasteiger partial charge in [0.05, 0.1) is 34.6 Å². The van der Waals surface area contributed by atoms with Crippen molar-refractivity contribution in [1.82, 2.24) is 19.9 Å². The van der Waals surface area contributed by atoms with Crippen LogP contribution in [0.3, 0.4) is 0 Å². The molecule has 0 unspecified atom stereocenters. The van der Waals surface area contributed by atoms with Gasteiger partial charge in [-0.3, -0.25) is 14.7 Å². The number of sulfonamides is 1. The highest BCUT2D eigenvalue weighted by molar-refractivity contribution is 7.92. The molecule has 29 heavy (non-hydrogen) atoms. The Morgan fingerprint density at radius 2 is 2.00 bits per heavy atom. The molecule has 3 rings (SSSR count). The van der Waals surface area contributed by atoms with Crippen molar-refractivity contribution in [3.05, 3.63) is 59.3 Å². The zero-order valence-electron chi connectivity index (χ0n) is 16.3. The molecular formula is C20H20N6O2S. The zero-order chi connectivity index (χ0) is 21.0. The lowest BCUT2D eigenvalue weighted by Gasteiger charge is -2.09. The van der Waals surface area contributed by atoms with E-state index in [0.29, 0.717) is 34.6 Å². The second-order valence-electron chi connectivity index (χ2n) is 6.33. The minimum absolute atomic E-state index is 0.169. The summed E-state index contributed by atoms with van der Waals surface area (Å²) in [5.41, 5.74) is 10.1. The number of pyridine rings is 2. The maximum absolute atomic E-state index is 11.6. The van der Waals surface area contributed by atoms with E-state index in [0.717, 1.165) is 17.5 Å². The van der Waals surface area contributed by atoms with Crippen LogP contribution in [0.5, 0.6) is 0 Å². The molecule has 0 aliphatic carbocycles. The number of nitrogens with two attached hydrogens (primary N) is 1. The van der Waals surface area contributed by atoms with Gasteiger partial charge in [-0.15, -0.1) is 0 Å². The molecule has 3 heterocycles. The van der Waals surface area contributed by atoms with E-state index in [1.54, 1.807) is 31.6 Å². The molecule has 0 aliphatic rings. The topological polar surface area (TPSA) is 124 Å². The summed E-state index contributed by atoms with van der Waals surface area (Å²) in [7, 11) is -3.42. The number of aryl methyl sites for hydroxylation is 2. The highest BCUT2D eigenvalue weighted by Gasteiger charge is 2.13. The first-order valence-corrected chi connectivity index (χ1v) is 10.7. The van der Waals surface area contributed by atoms with Crippen LogP contribution in [0, 0.1) is 18.8 Å². The van der Waals surface area contributed by atoms with E-state index in [4.69, 9.17) is 5.73 Å². The van der Waals surface area contributed by atoms with Crippen LogP contribution in [-0.2, 0) is 16.4 Å². The zero-order valence-corrected chi connectivity index (χ0v) is 17.1. The summed E-state index contributed by atoms with van der Waals surface area (Å²) in [6.45, 7) is 3.68. The molecule has 0 radical (unpaired) electrons. The second kappa shape index (κ2) is 8.24. The van der Waals surface area contributed by atoms with Crippen LogP contribution in [0.1, 0.15) is 29.4 Å². The minimum Gasteiger partial charge on any atom is -0.368 e. The molecule has 8 nitrogen and oxygen atoms in total. The number of anilines is 2. The predicted octanol–water partition coefficient (Wildman–Crippen LogP) is 2.16. The molecule has 3 aromatic heterocycles. The fraction of sp³-hybridized carbons (Fsp3) is 0.200. The SMILES string of the molecule is CCc1nc(N)nc(-c2cccnc2)c1C#Cc1cnc(C)c(NS(C)(=O)=O)c1. The van der Waals surface area contributed by atoms with E-state index in [9.17, 15) is 8.42 Å². The van der Waals surface area contributed by atoms with Gasteiger partial charge >= 0.3 is 0 Å². The lowest BCUT2D eigenvalue weighted by atomic mass is 10.0. The van der Waals surface area contributed by atoms with Crippen molar-refractivity contribution < 1.29 is 8.42 Å². The van der Waals surface area contributed by atoms with Gasteiger partial charge in [-0.1, -0.05) is 18.8 Å². The summed E-state index contributed by atoms with van der Waals surface area (Å²) in [6.07, 6.45) is 6.66. The normalized spacial score (nSPS) is 10.9. The third-order valence-electron chi connectivity index (χ3n) is 3.99. The number of rotatable bonds is 4. The van der Waals surface area contributed by atoms with Gasteiger partial charge in [0, 0.05) is 29.7 Å². The Labute approximate surface area is 169 Å². The molecule has 3 N–H and O–H groups in total. The molecule has 148 valence electrons. The van der Waals surface area contributed by atoms with Crippen LogP contribution in [0.25, 0.3) is 11.3 Å². The third-order valence-corrected chi connectivity index (χ3v) is 4.58. The van der Waals surface area contributed by atoms with Gasteiger partial charge in [0.15, 0.2) is 0 Å². The van der Waals surface area contributed by atoms with Crippen molar-refractivity contribution in [3.8, 4) is 23.1 Å². The van der Waals surface area contributed by atoms with Crippen molar-refractivity contribution in [2.75, 3.05) is 16.7 Å². The molecule has 0 aliphatic heterocycles. The quantitative estimate of drug-likeness (QED) is 0.634. The lowest BCUT2D eigenvalue weighted by molar-refractivity contribution is 0.606. The van der Waals surface area contributed by atoms with Gasteiger partial charge in [0.2, 0.25) is 16.0 Å². The first-order valence-electron chi connectivity index (χ1n) is 8.80. The molecule has 0 fully saturated rings. The van der Waals surface area contributed by atoms with Gasteiger partial charge in [-0.25, -0.2) is 18.4 Å². The number of hydrogen-bond donors (Lipinski definition) is 2. The highest BCUT2D eigenvalue weighted by atomic mass is 32.2. The molecule has 0 atom stereocenters. The van der Waals surface area contributed by atoms with E-state index in [1.165, 1.54) is 0 Å². The minimum atomic E-state index is -3.42. The standard InChI is InChI=1S/C20H20N6O2S/c1-4-17-16(19(25-20(21)24-17)15-6-5-9-22-12-15)8-7-14-10-18(13(2)23-11-14)26-29(3,27)28/h5-6,9-12,26H,4H2,1-3H3,(H2,21,24,25). The molecule has 0 amide bonds. The highest BCUT2D eigenvalue weighted by Crippen LogP contribution is 2.24. The molecular weight excluding hydrogens is 388 g/mol. The van der Waals surface area contributed by atoms with Crippen molar-refractivity contribution in [2.24, 2.45) is 0 Å². The van der Waals surface area contributed by atoms with E-state index in [-0.39, 0.29) is 5.95 Å². The maximum atomic E-state index is 11.6. The monoisotopic (exact) mass is 408 g/mol. The second-order valence-corrected chi connectivity index (χ2v) is 8.08. The summed E-state index contributed by atoms with van der Waals surface area (Å²) in [4.78, 5) is 17.0. The first-order chi connectivity index (χ1) is 13.8. The Hall–Kier alpha value is -3.51. The van der Waals surface area contributed by atoms with Crippen LogP contribution >= 0.6 is 0 Å². The predicted molar refractivity (Wildman–Crippen MR) is 112 cm³/mol. The molecule has 3 aromatic rings. The average Bonchev–Trinajstić information content (AvgIpc) is 2.68. The summed E-state index contributed by atoms with van der Waals surface area (Å²) in [6, 6.07) is 5.33. The van der Waals surface area contributed by atoms with E-state index < -0.39 is 10.0 Å². The molecule has 0 aromatic carbocycles. The van der Waals surface area contributed by atoms with E-state index >= 15 is 0 Å². The van der Waals surface area contributed by atoms with E-state index in [1.807, 2.05) is 19.1 Å². The number of nitrogens with zero attached hydrogens (tertiary/aromatic N) is 4. The molecule has 0 saturated heterocycles. The van der Waals surface area contributed by atoms with Crippen molar-refractivity contribution in [3.63, 3.8) is 0 Å². The van der Waals surface area contributed by atoms with Gasteiger partial charge in [0.25, 0.3) is 0 Å².